The van der Waals surface area contributed by atoms with Gasteiger partial charge in [-0.1, -0.05) is 30.3 Å². The van der Waals surface area contributed by atoms with Crippen LogP contribution in [0.4, 0.5) is 0 Å². The molecule has 0 aliphatic heterocycles. The number of benzene rings is 1. The van der Waals surface area contributed by atoms with Crippen molar-refractivity contribution in [2.45, 2.75) is 51.2 Å². The smallest absolute Gasteiger partial charge is 0.159 e. The third-order valence-corrected chi connectivity index (χ3v) is 3.92. The van der Waals surface area contributed by atoms with E-state index in [9.17, 15) is 5.11 Å². The van der Waals surface area contributed by atoms with Crippen LogP contribution in [0.15, 0.2) is 30.3 Å². The van der Waals surface area contributed by atoms with Crippen molar-refractivity contribution >= 4 is 0 Å². The Hall–Kier alpha value is -1.68. The minimum absolute atomic E-state index is 0.0625. The van der Waals surface area contributed by atoms with E-state index in [-0.39, 0.29) is 12.1 Å². The molecule has 2 atom stereocenters. The first-order chi connectivity index (χ1) is 9.52. The summed E-state index contributed by atoms with van der Waals surface area (Å²) in [5, 5.41) is 18.0. The normalized spacial score (nSPS) is 22.0. The molecule has 0 amide bonds. The highest BCUT2D eigenvalue weighted by atomic mass is 16.3. The van der Waals surface area contributed by atoms with Crippen LogP contribution in [0.3, 0.4) is 0 Å². The van der Waals surface area contributed by atoms with Gasteiger partial charge in [0, 0.05) is 11.5 Å². The number of nitrogens with zero attached hydrogens (tertiary/aromatic N) is 3. The van der Waals surface area contributed by atoms with Gasteiger partial charge in [-0.25, -0.2) is 0 Å². The molecule has 1 aliphatic rings. The lowest BCUT2D eigenvalue weighted by atomic mass is 10.1. The van der Waals surface area contributed by atoms with Crippen LogP contribution in [0.25, 0.3) is 0 Å². The third-order valence-electron chi connectivity index (χ3n) is 3.92. The zero-order chi connectivity index (χ0) is 14.3. The van der Waals surface area contributed by atoms with Crippen molar-refractivity contribution < 1.29 is 5.11 Å². The predicted octanol–water partition coefficient (Wildman–Crippen LogP) is 2.80. The first-order valence-corrected chi connectivity index (χ1v) is 7.13. The molecular formula is C16H21N3O. The van der Waals surface area contributed by atoms with E-state index < -0.39 is 0 Å². The lowest BCUT2D eigenvalue weighted by Crippen LogP contribution is -2.26. The average molecular weight is 271 g/mol. The Morgan fingerprint density at radius 1 is 1.15 bits per heavy atom. The quantitative estimate of drug-likeness (QED) is 0.934. The molecule has 0 saturated heterocycles. The molecule has 4 heteroatoms. The summed E-state index contributed by atoms with van der Waals surface area (Å²) >= 11 is 0. The molecule has 0 radical (unpaired) electrons. The van der Waals surface area contributed by atoms with Crippen molar-refractivity contribution in [1.29, 1.82) is 0 Å². The molecule has 1 aromatic heterocycles. The summed E-state index contributed by atoms with van der Waals surface area (Å²) in [4.78, 5) is 0. The fourth-order valence-electron chi connectivity index (χ4n) is 2.95. The summed E-state index contributed by atoms with van der Waals surface area (Å²) in [6, 6.07) is 10.6. The van der Waals surface area contributed by atoms with Gasteiger partial charge in [0.25, 0.3) is 0 Å². The maximum Gasteiger partial charge on any atom is 0.159 e. The van der Waals surface area contributed by atoms with Gasteiger partial charge in [-0.2, -0.15) is 0 Å². The Bertz CT molecular complexity index is 598. The number of hydrogen-bond acceptors (Lipinski definition) is 3. The highest BCUT2D eigenvalue weighted by Crippen LogP contribution is 2.54. The largest absolute Gasteiger partial charge is 0.388 e. The maximum absolute atomic E-state index is 9.46. The molecule has 1 aliphatic carbocycles. The molecule has 1 saturated carbocycles. The molecule has 1 aromatic carbocycles. The lowest BCUT2D eigenvalue weighted by molar-refractivity contribution is 0.247. The first-order valence-electron chi connectivity index (χ1n) is 7.13. The van der Waals surface area contributed by atoms with Crippen molar-refractivity contribution in [1.82, 2.24) is 14.8 Å². The molecule has 2 unspecified atom stereocenters. The maximum atomic E-state index is 9.46. The second kappa shape index (κ2) is 4.70. The molecule has 1 heterocycles. The van der Waals surface area contributed by atoms with Crippen LogP contribution in [-0.4, -0.2) is 19.9 Å². The number of aliphatic hydroxyl groups excluding tert-OH is 1. The average Bonchev–Trinajstić information content (AvgIpc) is 3.09. The van der Waals surface area contributed by atoms with E-state index in [1.165, 1.54) is 5.56 Å². The van der Waals surface area contributed by atoms with Crippen LogP contribution < -0.4 is 0 Å². The molecule has 0 bridgehead atoms. The van der Waals surface area contributed by atoms with E-state index in [1.54, 1.807) is 0 Å². The second-order valence-corrected chi connectivity index (χ2v) is 6.50. The molecular weight excluding hydrogens is 250 g/mol. The van der Waals surface area contributed by atoms with Crippen molar-refractivity contribution in [2.75, 3.05) is 0 Å². The van der Waals surface area contributed by atoms with Crippen molar-refractivity contribution in [3.8, 4) is 0 Å². The SMILES string of the molecule is CC(C)(C)n1c(CO)nnc1C1CC1c1ccccc1. The van der Waals surface area contributed by atoms with E-state index in [2.05, 4.69) is 59.8 Å². The van der Waals surface area contributed by atoms with Gasteiger partial charge < -0.3 is 9.67 Å². The first kappa shape index (κ1) is 13.3. The molecule has 3 rings (SSSR count). The summed E-state index contributed by atoms with van der Waals surface area (Å²) in [6.45, 7) is 6.31. The van der Waals surface area contributed by atoms with E-state index in [0.717, 1.165) is 12.2 Å². The molecule has 1 fully saturated rings. The molecule has 106 valence electrons. The summed E-state index contributed by atoms with van der Waals surface area (Å²) in [5.74, 6) is 2.62. The number of aliphatic hydroxyl groups is 1. The molecule has 20 heavy (non-hydrogen) atoms. The number of rotatable bonds is 3. The van der Waals surface area contributed by atoms with Crippen LogP contribution >= 0.6 is 0 Å². The zero-order valence-electron chi connectivity index (χ0n) is 12.2. The Kier molecular flexibility index (Phi) is 3.13. The van der Waals surface area contributed by atoms with E-state index in [0.29, 0.717) is 17.7 Å². The van der Waals surface area contributed by atoms with Gasteiger partial charge in [0.15, 0.2) is 5.82 Å². The zero-order valence-corrected chi connectivity index (χ0v) is 12.2. The Morgan fingerprint density at radius 3 is 2.45 bits per heavy atom. The van der Waals surface area contributed by atoms with Crippen LogP contribution in [0.5, 0.6) is 0 Å². The van der Waals surface area contributed by atoms with Crippen LogP contribution in [0, 0.1) is 0 Å². The van der Waals surface area contributed by atoms with E-state index in [1.807, 2.05) is 6.07 Å². The minimum Gasteiger partial charge on any atom is -0.388 e. The topological polar surface area (TPSA) is 50.9 Å². The monoisotopic (exact) mass is 271 g/mol. The Balaban J connectivity index is 1.92. The molecule has 4 nitrogen and oxygen atoms in total. The number of hydrogen-bond donors (Lipinski definition) is 1. The summed E-state index contributed by atoms with van der Waals surface area (Å²) < 4.78 is 2.10. The summed E-state index contributed by atoms with van der Waals surface area (Å²) in [7, 11) is 0. The second-order valence-electron chi connectivity index (χ2n) is 6.50. The Labute approximate surface area is 119 Å². The van der Waals surface area contributed by atoms with E-state index in [4.69, 9.17) is 0 Å². The van der Waals surface area contributed by atoms with Gasteiger partial charge in [-0.3, -0.25) is 0 Å². The predicted molar refractivity (Wildman–Crippen MR) is 77.5 cm³/mol. The van der Waals surface area contributed by atoms with Crippen LogP contribution in [0.2, 0.25) is 0 Å². The molecule has 2 aromatic rings. The van der Waals surface area contributed by atoms with Crippen LogP contribution in [0.1, 0.15) is 56.2 Å². The van der Waals surface area contributed by atoms with Crippen molar-refractivity contribution in [3.63, 3.8) is 0 Å². The van der Waals surface area contributed by atoms with Gasteiger partial charge in [-0.15, -0.1) is 10.2 Å². The Morgan fingerprint density at radius 2 is 1.85 bits per heavy atom. The lowest BCUT2D eigenvalue weighted by Gasteiger charge is -2.24. The third kappa shape index (κ3) is 2.24. The fraction of sp³-hybridized carbons (Fsp3) is 0.500. The molecule has 0 spiro atoms. The summed E-state index contributed by atoms with van der Waals surface area (Å²) in [5.41, 5.74) is 1.26. The minimum atomic E-state index is -0.110. The standard InChI is InChI=1S/C16H21N3O/c1-16(2,3)19-14(10-20)17-18-15(19)13-9-12(13)11-7-5-4-6-8-11/h4-8,12-13,20H,9-10H2,1-3H3. The van der Waals surface area contributed by atoms with Crippen molar-refractivity contribution in [3.05, 3.63) is 47.5 Å². The van der Waals surface area contributed by atoms with Gasteiger partial charge >= 0.3 is 0 Å². The van der Waals surface area contributed by atoms with Gasteiger partial charge in [0.1, 0.15) is 12.4 Å². The number of aromatic nitrogens is 3. The van der Waals surface area contributed by atoms with Crippen molar-refractivity contribution in [2.24, 2.45) is 0 Å². The highest BCUT2D eigenvalue weighted by molar-refractivity contribution is 5.31. The summed E-state index contributed by atoms with van der Waals surface area (Å²) in [6.07, 6.45) is 1.11. The highest BCUT2D eigenvalue weighted by Gasteiger charge is 2.44. The molecule has 1 N–H and O–H groups in total. The van der Waals surface area contributed by atoms with Gasteiger partial charge in [0.05, 0.1) is 0 Å². The van der Waals surface area contributed by atoms with Crippen LogP contribution in [-0.2, 0) is 12.1 Å². The van der Waals surface area contributed by atoms with E-state index >= 15 is 0 Å². The fourth-order valence-corrected chi connectivity index (χ4v) is 2.95. The van der Waals surface area contributed by atoms with Gasteiger partial charge in [-0.05, 0) is 38.7 Å². The van der Waals surface area contributed by atoms with Gasteiger partial charge in [0.2, 0.25) is 0 Å².